The molecule has 104 valence electrons. The van der Waals surface area contributed by atoms with Gasteiger partial charge in [-0.1, -0.05) is 43.3 Å². The zero-order valence-electron chi connectivity index (χ0n) is 11.1. The van der Waals surface area contributed by atoms with Gasteiger partial charge in [0, 0.05) is 5.69 Å². The second-order valence-electron chi connectivity index (χ2n) is 4.57. The number of hydrogen-bond donors (Lipinski definition) is 2. The summed E-state index contributed by atoms with van der Waals surface area (Å²) in [6.07, 6.45) is 0.336. The highest BCUT2D eigenvalue weighted by Crippen LogP contribution is 2.30. The van der Waals surface area contributed by atoms with E-state index in [4.69, 9.17) is 0 Å². The van der Waals surface area contributed by atoms with Crippen LogP contribution >= 0.6 is 0 Å². The topological polar surface area (TPSA) is 49.3 Å². The predicted octanol–water partition coefficient (Wildman–Crippen LogP) is 3.63. The molecule has 0 fully saturated rings. The van der Waals surface area contributed by atoms with Crippen molar-refractivity contribution in [2.24, 2.45) is 0 Å². The van der Waals surface area contributed by atoms with Crippen molar-refractivity contribution in [2.45, 2.75) is 18.9 Å². The van der Waals surface area contributed by atoms with E-state index < -0.39 is 17.3 Å². The molecule has 0 spiro atoms. The smallest absolute Gasteiger partial charge is 0.334 e. The number of rotatable bonds is 5. The molecule has 3 nitrogen and oxygen atoms in total. The third-order valence-corrected chi connectivity index (χ3v) is 3.34. The molecular formula is C16H16FNO2. The largest absolute Gasteiger partial charge is 0.479 e. The van der Waals surface area contributed by atoms with Crippen LogP contribution in [-0.4, -0.2) is 11.1 Å². The number of anilines is 1. The third kappa shape index (κ3) is 2.64. The van der Waals surface area contributed by atoms with Crippen LogP contribution in [-0.2, 0) is 10.3 Å². The molecule has 0 aliphatic heterocycles. The highest BCUT2D eigenvalue weighted by atomic mass is 19.1. The Morgan fingerprint density at radius 3 is 2.45 bits per heavy atom. The summed E-state index contributed by atoms with van der Waals surface area (Å²) in [7, 11) is 0. The van der Waals surface area contributed by atoms with Crippen LogP contribution in [0.4, 0.5) is 10.1 Å². The average molecular weight is 273 g/mol. The maximum atomic E-state index is 13.3. The summed E-state index contributed by atoms with van der Waals surface area (Å²) in [6.45, 7) is 1.79. The molecule has 0 aromatic heterocycles. The van der Waals surface area contributed by atoms with Crippen LogP contribution in [0.15, 0.2) is 54.6 Å². The zero-order valence-corrected chi connectivity index (χ0v) is 11.1. The molecule has 0 saturated carbocycles. The number of nitrogens with one attached hydrogen (secondary N) is 1. The predicted molar refractivity (Wildman–Crippen MR) is 76.1 cm³/mol. The van der Waals surface area contributed by atoms with Crippen LogP contribution in [0.25, 0.3) is 0 Å². The fourth-order valence-electron chi connectivity index (χ4n) is 2.23. The molecule has 2 N–H and O–H groups in total. The van der Waals surface area contributed by atoms with Crippen LogP contribution in [0.1, 0.15) is 18.9 Å². The first-order chi connectivity index (χ1) is 9.58. The van der Waals surface area contributed by atoms with Gasteiger partial charge in [0.1, 0.15) is 5.82 Å². The normalized spacial score (nSPS) is 13.5. The SMILES string of the molecule is CCC(Nc1cccc(F)c1)(C(=O)O)c1ccccc1. The lowest BCUT2D eigenvalue weighted by atomic mass is 9.87. The minimum atomic E-state index is -1.27. The van der Waals surface area contributed by atoms with Gasteiger partial charge >= 0.3 is 5.97 Å². The second kappa shape index (κ2) is 5.74. The van der Waals surface area contributed by atoms with Crippen molar-refractivity contribution in [1.82, 2.24) is 0 Å². The van der Waals surface area contributed by atoms with Gasteiger partial charge in [0.2, 0.25) is 0 Å². The number of halogens is 1. The quantitative estimate of drug-likeness (QED) is 0.874. The minimum Gasteiger partial charge on any atom is -0.479 e. The van der Waals surface area contributed by atoms with Gasteiger partial charge in [-0.3, -0.25) is 0 Å². The van der Waals surface area contributed by atoms with E-state index in [1.165, 1.54) is 12.1 Å². The molecule has 2 aromatic rings. The van der Waals surface area contributed by atoms with Gasteiger partial charge in [0.05, 0.1) is 0 Å². The maximum absolute atomic E-state index is 13.3. The van der Waals surface area contributed by atoms with Crippen molar-refractivity contribution in [3.05, 3.63) is 66.0 Å². The highest BCUT2D eigenvalue weighted by Gasteiger charge is 2.38. The Morgan fingerprint density at radius 2 is 1.90 bits per heavy atom. The van der Waals surface area contributed by atoms with Crippen molar-refractivity contribution in [1.29, 1.82) is 0 Å². The number of carboxylic acids is 1. The lowest BCUT2D eigenvalue weighted by Gasteiger charge is -2.31. The molecule has 2 aromatic carbocycles. The third-order valence-electron chi connectivity index (χ3n) is 3.34. The minimum absolute atomic E-state index is 0.336. The number of benzene rings is 2. The van der Waals surface area contributed by atoms with Crippen LogP contribution < -0.4 is 5.32 Å². The summed E-state index contributed by atoms with van der Waals surface area (Å²) >= 11 is 0. The van der Waals surface area contributed by atoms with Gasteiger partial charge in [-0.15, -0.1) is 0 Å². The Bertz CT molecular complexity index is 600. The van der Waals surface area contributed by atoms with E-state index in [0.717, 1.165) is 0 Å². The number of hydrogen-bond acceptors (Lipinski definition) is 2. The van der Waals surface area contributed by atoms with E-state index in [1.807, 2.05) is 6.07 Å². The van der Waals surface area contributed by atoms with Crippen LogP contribution in [0.2, 0.25) is 0 Å². The van der Waals surface area contributed by atoms with Gasteiger partial charge in [-0.2, -0.15) is 0 Å². The number of aliphatic carboxylic acids is 1. The summed E-state index contributed by atoms with van der Waals surface area (Å²) in [5.41, 5.74) is -0.188. The molecule has 0 heterocycles. The first kappa shape index (κ1) is 14.1. The molecule has 1 atom stereocenters. The molecule has 0 aliphatic rings. The molecule has 0 radical (unpaired) electrons. The summed E-state index contributed by atoms with van der Waals surface area (Å²) in [6, 6.07) is 14.7. The van der Waals surface area contributed by atoms with Crippen molar-refractivity contribution < 1.29 is 14.3 Å². The van der Waals surface area contributed by atoms with Gasteiger partial charge in [0.25, 0.3) is 0 Å². The fraction of sp³-hybridized carbons (Fsp3) is 0.188. The lowest BCUT2D eigenvalue weighted by Crippen LogP contribution is -2.43. The van der Waals surface area contributed by atoms with E-state index in [2.05, 4.69) is 5.32 Å². The second-order valence-corrected chi connectivity index (χ2v) is 4.57. The zero-order chi connectivity index (χ0) is 14.6. The van der Waals surface area contributed by atoms with E-state index >= 15 is 0 Å². The molecule has 0 bridgehead atoms. The standard InChI is InChI=1S/C16H16FNO2/c1-2-16(15(19)20,12-7-4-3-5-8-12)18-14-10-6-9-13(17)11-14/h3-11,18H,2H2,1H3,(H,19,20). The first-order valence-corrected chi connectivity index (χ1v) is 6.41. The Kier molecular flexibility index (Phi) is 4.03. The molecule has 1 unspecified atom stereocenters. The van der Waals surface area contributed by atoms with Gasteiger partial charge in [0.15, 0.2) is 5.54 Å². The van der Waals surface area contributed by atoms with E-state index in [-0.39, 0.29) is 0 Å². The average Bonchev–Trinajstić information content (AvgIpc) is 2.45. The fourth-order valence-corrected chi connectivity index (χ4v) is 2.23. The number of carbonyl (C=O) groups is 1. The van der Waals surface area contributed by atoms with Gasteiger partial charge < -0.3 is 10.4 Å². The monoisotopic (exact) mass is 273 g/mol. The Morgan fingerprint density at radius 1 is 1.20 bits per heavy atom. The Balaban J connectivity index is 2.45. The molecule has 2 rings (SSSR count). The molecule has 20 heavy (non-hydrogen) atoms. The summed E-state index contributed by atoms with van der Waals surface area (Å²) < 4.78 is 13.3. The summed E-state index contributed by atoms with van der Waals surface area (Å²) in [5, 5.41) is 12.6. The molecule has 0 aliphatic carbocycles. The molecule has 0 amide bonds. The summed E-state index contributed by atoms with van der Waals surface area (Å²) in [5.74, 6) is -1.39. The molecule has 0 saturated heterocycles. The number of carboxylic acid groups (broad SMARTS) is 1. The van der Waals surface area contributed by atoms with Crippen molar-refractivity contribution >= 4 is 11.7 Å². The van der Waals surface area contributed by atoms with E-state index in [1.54, 1.807) is 43.3 Å². The Hall–Kier alpha value is -2.36. The van der Waals surface area contributed by atoms with Gasteiger partial charge in [-0.25, -0.2) is 9.18 Å². The first-order valence-electron chi connectivity index (χ1n) is 6.41. The van der Waals surface area contributed by atoms with Crippen molar-refractivity contribution in [2.75, 3.05) is 5.32 Å². The van der Waals surface area contributed by atoms with E-state index in [0.29, 0.717) is 17.7 Å². The van der Waals surface area contributed by atoms with Crippen molar-refractivity contribution in [3.8, 4) is 0 Å². The highest BCUT2D eigenvalue weighted by molar-refractivity contribution is 5.84. The van der Waals surface area contributed by atoms with Gasteiger partial charge in [-0.05, 0) is 30.2 Å². The molecule has 4 heteroatoms. The maximum Gasteiger partial charge on any atom is 0.334 e. The lowest BCUT2D eigenvalue weighted by molar-refractivity contribution is -0.142. The summed E-state index contributed by atoms with van der Waals surface area (Å²) in [4.78, 5) is 11.8. The van der Waals surface area contributed by atoms with Crippen LogP contribution in [0, 0.1) is 5.82 Å². The van der Waals surface area contributed by atoms with Crippen molar-refractivity contribution in [3.63, 3.8) is 0 Å². The van der Waals surface area contributed by atoms with Crippen LogP contribution in [0.3, 0.4) is 0 Å². The van der Waals surface area contributed by atoms with E-state index in [9.17, 15) is 14.3 Å². The Labute approximate surface area is 117 Å². The molecular weight excluding hydrogens is 257 g/mol. The van der Waals surface area contributed by atoms with Crippen LogP contribution in [0.5, 0.6) is 0 Å².